The van der Waals surface area contributed by atoms with Crippen molar-refractivity contribution < 1.29 is 8.78 Å². The summed E-state index contributed by atoms with van der Waals surface area (Å²) in [6, 6.07) is 1.15. The molecule has 60 valence electrons. The molecule has 0 radical (unpaired) electrons. The van der Waals surface area contributed by atoms with Crippen molar-refractivity contribution in [2.75, 3.05) is 11.5 Å². The average Bonchev–Trinajstić information content (AvgIpc) is 1.94. The van der Waals surface area contributed by atoms with Gasteiger partial charge in [0.25, 0.3) is 6.43 Å². The highest BCUT2D eigenvalue weighted by atomic mass is 19.3. The van der Waals surface area contributed by atoms with E-state index >= 15 is 0 Å². The van der Waals surface area contributed by atoms with Gasteiger partial charge in [-0.3, -0.25) is 0 Å². The first-order chi connectivity index (χ1) is 5.13. The van der Waals surface area contributed by atoms with Crippen molar-refractivity contribution >= 4 is 11.5 Å². The molecule has 0 bridgehead atoms. The highest BCUT2D eigenvalue weighted by Gasteiger charge is 2.12. The van der Waals surface area contributed by atoms with E-state index in [1.54, 1.807) is 0 Å². The molecule has 0 fully saturated rings. The van der Waals surface area contributed by atoms with Crippen molar-refractivity contribution in [3.63, 3.8) is 0 Å². The van der Waals surface area contributed by atoms with E-state index in [0.29, 0.717) is 0 Å². The van der Waals surface area contributed by atoms with E-state index in [0.717, 1.165) is 6.07 Å². The highest BCUT2D eigenvalue weighted by Crippen LogP contribution is 2.26. The topological polar surface area (TPSA) is 64.9 Å². The Bertz CT molecular complexity index is 262. The molecule has 0 saturated heterocycles. The van der Waals surface area contributed by atoms with Gasteiger partial charge in [0.1, 0.15) is 5.82 Å². The Labute approximate surface area is 62.0 Å². The molecular formula is C6H7F2N3. The van der Waals surface area contributed by atoms with Gasteiger partial charge in [-0.1, -0.05) is 0 Å². The van der Waals surface area contributed by atoms with Crippen molar-refractivity contribution in [2.45, 2.75) is 6.43 Å². The molecule has 0 amide bonds. The molecule has 4 N–H and O–H groups in total. The lowest BCUT2D eigenvalue weighted by Crippen LogP contribution is -2.01. The Morgan fingerprint density at radius 2 is 2.00 bits per heavy atom. The number of nitrogens with zero attached hydrogens (tertiary/aromatic N) is 1. The number of aromatic nitrogens is 1. The van der Waals surface area contributed by atoms with Crippen LogP contribution in [0.1, 0.15) is 12.0 Å². The fourth-order valence-corrected chi connectivity index (χ4v) is 0.695. The largest absolute Gasteiger partial charge is 0.395 e. The Balaban J connectivity index is 3.17. The third-order valence-electron chi connectivity index (χ3n) is 1.29. The lowest BCUT2D eigenvalue weighted by Gasteiger charge is -2.04. The second kappa shape index (κ2) is 2.69. The first kappa shape index (κ1) is 7.71. The molecule has 0 aliphatic carbocycles. The lowest BCUT2D eigenvalue weighted by molar-refractivity contribution is 0.152. The van der Waals surface area contributed by atoms with Gasteiger partial charge in [-0.15, -0.1) is 0 Å². The average molecular weight is 159 g/mol. The quantitative estimate of drug-likeness (QED) is 0.646. The number of anilines is 2. The molecular weight excluding hydrogens is 152 g/mol. The van der Waals surface area contributed by atoms with E-state index in [-0.39, 0.29) is 17.1 Å². The van der Waals surface area contributed by atoms with Crippen LogP contribution in [0.25, 0.3) is 0 Å². The van der Waals surface area contributed by atoms with E-state index in [2.05, 4.69) is 4.98 Å². The van der Waals surface area contributed by atoms with Crippen LogP contribution < -0.4 is 11.5 Å². The fraction of sp³-hybridized carbons (Fsp3) is 0.167. The summed E-state index contributed by atoms with van der Waals surface area (Å²) in [4.78, 5) is 3.54. The van der Waals surface area contributed by atoms with Gasteiger partial charge in [0.05, 0.1) is 5.69 Å². The molecule has 11 heavy (non-hydrogen) atoms. The molecule has 1 aromatic heterocycles. The lowest BCUT2D eigenvalue weighted by atomic mass is 10.2. The molecule has 0 unspecified atom stereocenters. The second-order valence-corrected chi connectivity index (χ2v) is 2.00. The summed E-state index contributed by atoms with van der Waals surface area (Å²) in [6.45, 7) is 0. The van der Waals surface area contributed by atoms with E-state index in [9.17, 15) is 8.78 Å². The maximum absolute atomic E-state index is 12.0. The molecule has 0 spiro atoms. The normalized spacial score (nSPS) is 10.5. The Kier molecular flexibility index (Phi) is 1.89. The first-order valence-electron chi connectivity index (χ1n) is 2.91. The predicted molar refractivity (Wildman–Crippen MR) is 38.0 cm³/mol. The van der Waals surface area contributed by atoms with Crippen molar-refractivity contribution in [1.29, 1.82) is 0 Å². The van der Waals surface area contributed by atoms with E-state index in [1.165, 1.54) is 6.20 Å². The van der Waals surface area contributed by atoms with Gasteiger partial charge in [-0.25, -0.2) is 13.8 Å². The molecule has 1 heterocycles. The molecule has 0 aliphatic rings. The van der Waals surface area contributed by atoms with E-state index in [1.807, 2.05) is 0 Å². The Morgan fingerprint density at radius 3 is 2.45 bits per heavy atom. The number of halogens is 2. The molecule has 5 heteroatoms. The molecule has 0 aliphatic heterocycles. The number of alkyl halides is 2. The molecule has 1 rings (SSSR count). The Hall–Kier alpha value is -1.39. The third-order valence-corrected chi connectivity index (χ3v) is 1.29. The molecule has 0 aromatic carbocycles. The van der Waals surface area contributed by atoms with Crippen LogP contribution in [-0.4, -0.2) is 4.98 Å². The summed E-state index contributed by atoms with van der Waals surface area (Å²) < 4.78 is 24.1. The van der Waals surface area contributed by atoms with Gasteiger partial charge in [-0.2, -0.15) is 0 Å². The maximum Gasteiger partial charge on any atom is 0.266 e. The van der Waals surface area contributed by atoms with Crippen molar-refractivity contribution in [3.8, 4) is 0 Å². The molecule has 3 nitrogen and oxygen atoms in total. The predicted octanol–water partition coefficient (Wildman–Crippen LogP) is 1.18. The van der Waals surface area contributed by atoms with Gasteiger partial charge < -0.3 is 11.5 Å². The van der Waals surface area contributed by atoms with Crippen LogP contribution in [0.2, 0.25) is 0 Å². The number of pyridine rings is 1. The monoisotopic (exact) mass is 159 g/mol. The van der Waals surface area contributed by atoms with Crippen LogP contribution in [0.5, 0.6) is 0 Å². The summed E-state index contributed by atoms with van der Waals surface area (Å²) in [6.07, 6.45) is -1.40. The van der Waals surface area contributed by atoms with Gasteiger partial charge in [0.2, 0.25) is 0 Å². The minimum atomic E-state index is -2.60. The van der Waals surface area contributed by atoms with Crippen LogP contribution in [-0.2, 0) is 0 Å². The zero-order valence-electron chi connectivity index (χ0n) is 5.59. The van der Waals surface area contributed by atoms with E-state index in [4.69, 9.17) is 11.5 Å². The summed E-state index contributed by atoms with van der Waals surface area (Å²) in [5, 5.41) is 0. The van der Waals surface area contributed by atoms with Gasteiger partial charge >= 0.3 is 0 Å². The van der Waals surface area contributed by atoms with Crippen LogP contribution in [0, 0.1) is 0 Å². The highest BCUT2D eigenvalue weighted by molar-refractivity contribution is 5.62. The minimum absolute atomic E-state index is 0.0530. The number of hydrogen-bond acceptors (Lipinski definition) is 3. The van der Waals surface area contributed by atoms with Crippen molar-refractivity contribution in [3.05, 3.63) is 17.8 Å². The molecule has 0 atom stereocenters. The van der Waals surface area contributed by atoms with Crippen LogP contribution in [0.4, 0.5) is 20.3 Å². The minimum Gasteiger partial charge on any atom is -0.395 e. The second-order valence-electron chi connectivity index (χ2n) is 2.00. The number of hydrogen-bond donors (Lipinski definition) is 2. The number of nitrogens with two attached hydrogens (primary N) is 2. The van der Waals surface area contributed by atoms with Crippen molar-refractivity contribution in [1.82, 2.24) is 4.98 Å². The van der Waals surface area contributed by atoms with Crippen molar-refractivity contribution in [2.24, 2.45) is 0 Å². The summed E-state index contributed by atoms with van der Waals surface area (Å²) >= 11 is 0. The first-order valence-corrected chi connectivity index (χ1v) is 2.91. The number of nitrogen functional groups attached to an aromatic ring is 2. The SMILES string of the molecule is Nc1nccc(C(F)F)c1N. The molecule has 1 aromatic rings. The van der Waals surface area contributed by atoms with Gasteiger partial charge in [0.15, 0.2) is 0 Å². The van der Waals surface area contributed by atoms with Gasteiger partial charge in [-0.05, 0) is 6.07 Å². The van der Waals surface area contributed by atoms with Crippen LogP contribution in [0.15, 0.2) is 12.3 Å². The standard InChI is InChI=1S/C6H7F2N3/c7-5(8)3-1-2-11-6(10)4(3)9/h1-2,5H,9H2,(H2,10,11). The smallest absolute Gasteiger partial charge is 0.266 e. The molecule has 0 saturated carbocycles. The van der Waals surface area contributed by atoms with E-state index < -0.39 is 6.43 Å². The van der Waals surface area contributed by atoms with Crippen LogP contribution in [0.3, 0.4) is 0 Å². The Morgan fingerprint density at radius 1 is 1.36 bits per heavy atom. The summed E-state index contributed by atoms with van der Waals surface area (Å²) in [5.41, 5.74) is 10.0. The number of rotatable bonds is 1. The zero-order valence-corrected chi connectivity index (χ0v) is 5.59. The summed E-state index contributed by atoms with van der Waals surface area (Å²) in [7, 11) is 0. The maximum atomic E-state index is 12.0. The fourth-order valence-electron chi connectivity index (χ4n) is 0.695. The zero-order chi connectivity index (χ0) is 8.43. The third kappa shape index (κ3) is 1.36. The van der Waals surface area contributed by atoms with Gasteiger partial charge in [0, 0.05) is 11.8 Å². The van der Waals surface area contributed by atoms with Crippen LogP contribution >= 0.6 is 0 Å². The summed E-state index contributed by atoms with van der Waals surface area (Å²) in [5.74, 6) is -0.0530.